The Hall–Kier alpha value is -1.75. The van der Waals surface area contributed by atoms with Crippen molar-refractivity contribution in [1.29, 1.82) is 0 Å². The average Bonchev–Trinajstić information content (AvgIpc) is 2.78. The summed E-state index contributed by atoms with van der Waals surface area (Å²) in [4.78, 5) is 16.5. The highest BCUT2D eigenvalue weighted by atomic mass is 16.6. The highest BCUT2D eigenvalue weighted by Crippen LogP contribution is 2.34. The van der Waals surface area contributed by atoms with E-state index in [0.29, 0.717) is 5.75 Å². The molecule has 2 fully saturated rings. The Bertz CT molecular complexity index is 565. The van der Waals surface area contributed by atoms with Crippen molar-refractivity contribution in [2.45, 2.75) is 32.8 Å². The van der Waals surface area contributed by atoms with Crippen molar-refractivity contribution in [2.75, 3.05) is 37.6 Å². The van der Waals surface area contributed by atoms with E-state index in [0.717, 1.165) is 51.3 Å². The van der Waals surface area contributed by atoms with E-state index in [1.165, 1.54) is 0 Å². The number of nitrogens with zero attached hydrogens (tertiary/aromatic N) is 2. The largest absolute Gasteiger partial charge is 0.508 e. The number of aromatic hydroxyl groups is 1. The Morgan fingerprint density at radius 3 is 2.61 bits per heavy atom. The summed E-state index contributed by atoms with van der Waals surface area (Å²) in [5.74, 6) is 0.256. The molecule has 1 N–H and O–H groups in total. The molecule has 1 aromatic rings. The molecule has 0 aromatic heterocycles. The van der Waals surface area contributed by atoms with E-state index < -0.39 is 0 Å². The second-order valence-electron chi connectivity index (χ2n) is 7.25. The molecule has 1 unspecified atom stereocenters. The molecule has 0 aliphatic carbocycles. The fraction of sp³-hybridized carbons (Fsp3) is 0.611. The molecule has 2 heterocycles. The Balaban J connectivity index is 1.44. The van der Waals surface area contributed by atoms with Crippen LogP contribution in [0.15, 0.2) is 24.3 Å². The zero-order valence-electron chi connectivity index (χ0n) is 14.0. The van der Waals surface area contributed by atoms with Crippen molar-refractivity contribution in [1.82, 2.24) is 4.90 Å². The summed E-state index contributed by atoms with van der Waals surface area (Å²) in [6.07, 6.45) is 1.82. The molecule has 0 radical (unpaired) electrons. The molecule has 1 aromatic carbocycles. The summed E-state index contributed by atoms with van der Waals surface area (Å²) in [7, 11) is 0. The van der Waals surface area contributed by atoms with Gasteiger partial charge in [0, 0.05) is 44.5 Å². The summed E-state index contributed by atoms with van der Waals surface area (Å²) in [6.45, 7) is 8.81. The lowest BCUT2D eigenvalue weighted by atomic mass is 9.89. The van der Waals surface area contributed by atoms with Gasteiger partial charge in [0.1, 0.15) is 11.9 Å². The number of anilines is 1. The molecule has 2 saturated heterocycles. The number of ether oxygens (including phenoxy) is 1. The van der Waals surface area contributed by atoms with Gasteiger partial charge in [-0.15, -0.1) is 0 Å². The van der Waals surface area contributed by atoms with E-state index in [4.69, 9.17) is 4.74 Å². The Kier molecular flexibility index (Phi) is 4.48. The van der Waals surface area contributed by atoms with Crippen molar-refractivity contribution in [3.8, 4) is 5.75 Å². The highest BCUT2D eigenvalue weighted by molar-refractivity contribution is 5.78. The molecule has 0 amide bonds. The van der Waals surface area contributed by atoms with Gasteiger partial charge in [0.15, 0.2) is 0 Å². The summed E-state index contributed by atoms with van der Waals surface area (Å²) < 4.78 is 5.47. The summed E-state index contributed by atoms with van der Waals surface area (Å²) >= 11 is 0. The van der Waals surface area contributed by atoms with Gasteiger partial charge in [0.2, 0.25) is 0 Å². The molecule has 0 saturated carbocycles. The van der Waals surface area contributed by atoms with E-state index in [-0.39, 0.29) is 17.5 Å². The van der Waals surface area contributed by atoms with E-state index in [9.17, 15) is 9.90 Å². The molecule has 2 aliphatic rings. The Morgan fingerprint density at radius 1 is 1.26 bits per heavy atom. The molecule has 126 valence electrons. The van der Waals surface area contributed by atoms with Crippen LogP contribution in [0.25, 0.3) is 0 Å². The fourth-order valence-electron chi connectivity index (χ4n) is 3.41. The maximum atomic E-state index is 11.7. The monoisotopic (exact) mass is 318 g/mol. The third-order valence-corrected chi connectivity index (χ3v) is 4.90. The standard InChI is InChI=1S/C18H26N2O3/c1-18(2)13-16(23-17(18)22)6-7-19-8-10-20(11-9-19)14-4-3-5-15(21)12-14/h3-5,12,16,21H,6-11,13H2,1-2H3. The lowest BCUT2D eigenvalue weighted by Gasteiger charge is -2.36. The van der Waals surface area contributed by atoms with Crippen LogP contribution in [0.3, 0.4) is 0 Å². The van der Waals surface area contributed by atoms with Crippen molar-refractivity contribution < 1.29 is 14.6 Å². The fourth-order valence-corrected chi connectivity index (χ4v) is 3.41. The van der Waals surface area contributed by atoms with Crippen LogP contribution >= 0.6 is 0 Å². The van der Waals surface area contributed by atoms with Crippen LogP contribution < -0.4 is 4.90 Å². The molecular formula is C18H26N2O3. The quantitative estimate of drug-likeness (QED) is 0.863. The predicted molar refractivity (Wildman–Crippen MR) is 89.7 cm³/mol. The van der Waals surface area contributed by atoms with Crippen LogP contribution in [0.2, 0.25) is 0 Å². The number of esters is 1. The first kappa shape index (κ1) is 16.1. The normalized spacial score (nSPS) is 24.7. The Morgan fingerprint density at radius 2 is 2.00 bits per heavy atom. The maximum absolute atomic E-state index is 11.7. The summed E-state index contributed by atoms with van der Waals surface area (Å²) in [5, 5.41) is 9.59. The number of piperazine rings is 1. The van der Waals surface area contributed by atoms with Crippen LogP contribution in [0.5, 0.6) is 5.75 Å². The number of hydrogen-bond acceptors (Lipinski definition) is 5. The highest BCUT2D eigenvalue weighted by Gasteiger charge is 2.41. The zero-order chi connectivity index (χ0) is 16.4. The average molecular weight is 318 g/mol. The second-order valence-corrected chi connectivity index (χ2v) is 7.25. The SMILES string of the molecule is CC1(C)CC(CCN2CCN(c3cccc(O)c3)CC2)OC1=O. The molecule has 5 heteroatoms. The zero-order valence-corrected chi connectivity index (χ0v) is 14.0. The minimum Gasteiger partial charge on any atom is -0.508 e. The number of carbonyl (C=O) groups is 1. The smallest absolute Gasteiger partial charge is 0.311 e. The number of phenols is 1. The van der Waals surface area contributed by atoms with Gasteiger partial charge in [-0.1, -0.05) is 6.07 Å². The summed E-state index contributed by atoms with van der Waals surface area (Å²) in [5.41, 5.74) is 0.759. The van der Waals surface area contributed by atoms with Gasteiger partial charge in [-0.3, -0.25) is 9.69 Å². The number of rotatable bonds is 4. The van der Waals surface area contributed by atoms with Crippen LogP contribution in [-0.4, -0.2) is 54.8 Å². The lowest BCUT2D eigenvalue weighted by molar-refractivity contribution is -0.147. The molecule has 1 atom stereocenters. The van der Waals surface area contributed by atoms with Gasteiger partial charge >= 0.3 is 5.97 Å². The first-order chi connectivity index (χ1) is 10.9. The van der Waals surface area contributed by atoms with Crippen molar-refractivity contribution in [3.63, 3.8) is 0 Å². The predicted octanol–water partition coefficient (Wildman–Crippen LogP) is 2.25. The van der Waals surface area contributed by atoms with Crippen LogP contribution in [-0.2, 0) is 9.53 Å². The van der Waals surface area contributed by atoms with E-state index in [1.807, 2.05) is 32.0 Å². The lowest BCUT2D eigenvalue weighted by Crippen LogP contribution is -2.47. The Labute approximate surface area is 137 Å². The first-order valence-electron chi connectivity index (χ1n) is 8.41. The van der Waals surface area contributed by atoms with Gasteiger partial charge in [0.05, 0.1) is 5.41 Å². The van der Waals surface area contributed by atoms with Crippen LogP contribution in [0, 0.1) is 5.41 Å². The molecule has 5 nitrogen and oxygen atoms in total. The molecule has 2 aliphatic heterocycles. The van der Waals surface area contributed by atoms with E-state index >= 15 is 0 Å². The number of carbonyl (C=O) groups excluding carboxylic acids is 1. The van der Waals surface area contributed by atoms with E-state index in [1.54, 1.807) is 6.07 Å². The minimum atomic E-state index is -0.321. The van der Waals surface area contributed by atoms with Crippen LogP contribution in [0.1, 0.15) is 26.7 Å². The second kappa shape index (κ2) is 6.40. The van der Waals surface area contributed by atoms with Crippen LogP contribution in [0.4, 0.5) is 5.69 Å². The number of cyclic esters (lactones) is 1. The van der Waals surface area contributed by atoms with Crippen molar-refractivity contribution in [3.05, 3.63) is 24.3 Å². The van der Waals surface area contributed by atoms with Crippen molar-refractivity contribution >= 4 is 11.7 Å². The number of phenolic OH excluding ortho intramolecular Hbond substituents is 1. The minimum absolute atomic E-state index is 0.0591. The third kappa shape index (κ3) is 3.78. The van der Waals surface area contributed by atoms with Crippen molar-refractivity contribution in [2.24, 2.45) is 5.41 Å². The molecule has 23 heavy (non-hydrogen) atoms. The third-order valence-electron chi connectivity index (χ3n) is 4.90. The summed E-state index contributed by atoms with van der Waals surface area (Å²) in [6, 6.07) is 7.43. The van der Waals surface area contributed by atoms with Gasteiger partial charge in [-0.2, -0.15) is 0 Å². The van der Waals surface area contributed by atoms with Gasteiger partial charge in [-0.25, -0.2) is 0 Å². The first-order valence-corrected chi connectivity index (χ1v) is 8.41. The number of benzene rings is 1. The molecular weight excluding hydrogens is 292 g/mol. The topological polar surface area (TPSA) is 53.0 Å². The van der Waals surface area contributed by atoms with E-state index in [2.05, 4.69) is 9.80 Å². The van der Waals surface area contributed by atoms with Gasteiger partial charge in [-0.05, 0) is 38.8 Å². The molecule has 3 rings (SSSR count). The number of hydrogen-bond donors (Lipinski definition) is 1. The van der Waals surface area contributed by atoms with Gasteiger partial charge in [0.25, 0.3) is 0 Å². The maximum Gasteiger partial charge on any atom is 0.311 e. The molecule has 0 spiro atoms. The van der Waals surface area contributed by atoms with Gasteiger partial charge < -0.3 is 14.7 Å². The molecule has 0 bridgehead atoms.